The predicted molar refractivity (Wildman–Crippen MR) is 78.2 cm³/mol. The van der Waals surface area contributed by atoms with Crippen LogP contribution in [-0.4, -0.2) is 25.1 Å². The molecule has 3 heteroatoms. The summed E-state index contributed by atoms with van der Waals surface area (Å²) in [6.07, 6.45) is 11.3. The maximum absolute atomic E-state index is 10.6. The number of hydrogen-bond acceptors (Lipinski definition) is 3. The topological polar surface area (TPSA) is 35.5 Å². The molecule has 0 saturated heterocycles. The molecule has 3 nitrogen and oxygen atoms in total. The molecule has 1 aliphatic carbocycles. The van der Waals surface area contributed by atoms with E-state index in [1.165, 1.54) is 6.08 Å². The van der Waals surface area contributed by atoms with Gasteiger partial charge in [-0.3, -0.25) is 4.79 Å². The van der Waals surface area contributed by atoms with Gasteiger partial charge in [0.2, 0.25) is 0 Å². The summed E-state index contributed by atoms with van der Waals surface area (Å²) in [4.78, 5) is 10.6. The van der Waals surface area contributed by atoms with Crippen LogP contribution in [0.4, 0.5) is 0 Å². The number of benzene rings is 1. The zero-order valence-electron chi connectivity index (χ0n) is 11.4. The highest BCUT2D eigenvalue weighted by Gasteiger charge is 2.34. The summed E-state index contributed by atoms with van der Waals surface area (Å²) in [5, 5.41) is 0. The van der Waals surface area contributed by atoms with Crippen molar-refractivity contribution >= 4 is 6.29 Å². The molecule has 0 amide bonds. The van der Waals surface area contributed by atoms with Gasteiger partial charge in [0.15, 0.2) is 0 Å². The molecule has 1 aliphatic rings. The number of ether oxygens (including phenoxy) is 2. The minimum Gasteiger partial charge on any atom is -0.367 e. The van der Waals surface area contributed by atoms with Crippen molar-refractivity contribution in [1.29, 1.82) is 0 Å². The van der Waals surface area contributed by atoms with Crippen LogP contribution >= 0.6 is 0 Å². The van der Waals surface area contributed by atoms with Crippen molar-refractivity contribution in [3.63, 3.8) is 0 Å². The third-order valence-corrected chi connectivity index (χ3v) is 3.26. The first kappa shape index (κ1) is 14.4. The highest BCUT2D eigenvalue weighted by Crippen LogP contribution is 2.27. The van der Waals surface area contributed by atoms with E-state index in [0.29, 0.717) is 6.61 Å². The maximum Gasteiger partial charge on any atom is 0.142 e. The Balaban J connectivity index is 2.11. The van der Waals surface area contributed by atoms with Crippen molar-refractivity contribution in [2.75, 3.05) is 7.11 Å². The molecule has 2 atom stereocenters. The molecule has 104 valence electrons. The van der Waals surface area contributed by atoms with Crippen molar-refractivity contribution in [1.82, 2.24) is 0 Å². The molecule has 2 rings (SSSR count). The standard InChI is InChI=1S/C17H18O3/c1-19-17(12-7-13-18)11-6-5-10-16(17)20-14-15-8-3-2-4-9-15/h2-13,16H,14H2,1H3. The number of methoxy groups -OCH3 is 1. The first-order valence-electron chi connectivity index (χ1n) is 6.50. The number of carbonyl (C=O) groups is 1. The fourth-order valence-corrected chi connectivity index (χ4v) is 2.15. The average molecular weight is 270 g/mol. The lowest BCUT2D eigenvalue weighted by Gasteiger charge is -2.34. The van der Waals surface area contributed by atoms with Gasteiger partial charge in [0.25, 0.3) is 0 Å². The summed E-state index contributed by atoms with van der Waals surface area (Å²) in [6, 6.07) is 9.95. The van der Waals surface area contributed by atoms with Gasteiger partial charge in [-0.25, -0.2) is 0 Å². The molecule has 0 radical (unpaired) electrons. The van der Waals surface area contributed by atoms with E-state index in [2.05, 4.69) is 0 Å². The fraction of sp³-hybridized carbons (Fsp3) is 0.235. The van der Waals surface area contributed by atoms with E-state index in [-0.39, 0.29) is 6.10 Å². The molecular weight excluding hydrogens is 252 g/mol. The zero-order valence-corrected chi connectivity index (χ0v) is 11.4. The van der Waals surface area contributed by atoms with E-state index in [4.69, 9.17) is 9.47 Å². The van der Waals surface area contributed by atoms with Crippen LogP contribution in [0.25, 0.3) is 0 Å². The zero-order chi connectivity index (χ0) is 14.3. The van der Waals surface area contributed by atoms with Crippen LogP contribution < -0.4 is 0 Å². The summed E-state index contributed by atoms with van der Waals surface area (Å²) in [5.74, 6) is 0. The van der Waals surface area contributed by atoms with Gasteiger partial charge in [-0.05, 0) is 23.8 Å². The molecular formula is C17H18O3. The molecule has 0 fully saturated rings. The summed E-state index contributed by atoms with van der Waals surface area (Å²) < 4.78 is 11.5. The third kappa shape index (κ3) is 3.32. The molecule has 1 aromatic carbocycles. The highest BCUT2D eigenvalue weighted by atomic mass is 16.5. The predicted octanol–water partition coefficient (Wildman–Crippen LogP) is 2.84. The van der Waals surface area contributed by atoms with Crippen molar-refractivity contribution < 1.29 is 14.3 Å². The Bertz CT molecular complexity index is 516. The highest BCUT2D eigenvalue weighted by molar-refractivity contribution is 5.65. The van der Waals surface area contributed by atoms with Crippen LogP contribution in [0, 0.1) is 0 Å². The molecule has 0 bridgehead atoms. The Labute approximate surface area is 119 Å². The van der Waals surface area contributed by atoms with Gasteiger partial charge in [-0.15, -0.1) is 0 Å². The van der Waals surface area contributed by atoms with Gasteiger partial charge in [-0.1, -0.05) is 48.6 Å². The normalized spacial score (nSPS) is 25.1. The SMILES string of the molecule is COC1(C=CC=O)C=CC=CC1OCc1ccccc1. The fourth-order valence-electron chi connectivity index (χ4n) is 2.15. The summed E-state index contributed by atoms with van der Waals surface area (Å²) >= 11 is 0. The molecule has 20 heavy (non-hydrogen) atoms. The monoisotopic (exact) mass is 270 g/mol. The Morgan fingerprint density at radius 1 is 1.25 bits per heavy atom. The van der Waals surface area contributed by atoms with Crippen LogP contribution in [0.15, 0.2) is 66.8 Å². The molecule has 0 spiro atoms. The molecule has 0 N–H and O–H groups in total. The lowest BCUT2D eigenvalue weighted by molar-refractivity contribution is -0.104. The number of carbonyl (C=O) groups excluding carboxylic acids is 1. The second kappa shape index (κ2) is 6.98. The van der Waals surface area contributed by atoms with E-state index in [1.54, 1.807) is 13.2 Å². The minimum absolute atomic E-state index is 0.270. The molecule has 0 aromatic heterocycles. The van der Waals surface area contributed by atoms with Gasteiger partial charge in [0.1, 0.15) is 18.0 Å². The van der Waals surface area contributed by atoms with Gasteiger partial charge < -0.3 is 9.47 Å². The molecule has 0 aliphatic heterocycles. The lowest BCUT2D eigenvalue weighted by atomic mass is 9.91. The maximum atomic E-state index is 10.6. The average Bonchev–Trinajstić information content (AvgIpc) is 2.52. The molecule has 2 unspecified atom stereocenters. The first-order chi connectivity index (χ1) is 9.80. The summed E-state index contributed by atoms with van der Waals surface area (Å²) in [7, 11) is 1.61. The van der Waals surface area contributed by atoms with Crippen LogP contribution in [0.2, 0.25) is 0 Å². The van der Waals surface area contributed by atoms with Gasteiger partial charge in [0.05, 0.1) is 6.61 Å². The van der Waals surface area contributed by atoms with Crippen molar-refractivity contribution in [3.8, 4) is 0 Å². The second-order valence-corrected chi connectivity index (χ2v) is 4.51. The van der Waals surface area contributed by atoms with E-state index in [0.717, 1.165) is 11.8 Å². The lowest BCUT2D eigenvalue weighted by Crippen LogP contribution is -2.42. The van der Waals surface area contributed by atoms with Crippen LogP contribution in [0.3, 0.4) is 0 Å². The third-order valence-electron chi connectivity index (χ3n) is 3.26. The van der Waals surface area contributed by atoms with E-state index in [9.17, 15) is 4.79 Å². The second-order valence-electron chi connectivity index (χ2n) is 4.51. The van der Waals surface area contributed by atoms with Crippen LogP contribution in [-0.2, 0) is 20.9 Å². The number of hydrogen-bond donors (Lipinski definition) is 0. The largest absolute Gasteiger partial charge is 0.367 e. The first-order valence-corrected chi connectivity index (χ1v) is 6.50. The number of rotatable bonds is 6. The van der Waals surface area contributed by atoms with E-state index < -0.39 is 5.60 Å². The Kier molecular flexibility index (Phi) is 5.04. The number of aldehydes is 1. The van der Waals surface area contributed by atoms with E-state index >= 15 is 0 Å². The molecule has 0 saturated carbocycles. The quantitative estimate of drug-likeness (QED) is 0.589. The van der Waals surface area contributed by atoms with Crippen molar-refractivity contribution in [3.05, 3.63) is 72.4 Å². The van der Waals surface area contributed by atoms with Gasteiger partial charge >= 0.3 is 0 Å². The summed E-state index contributed by atoms with van der Waals surface area (Å²) in [6.45, 7) is 0.490. The smallest absolute Gasteiger partial charge is 0.142 e. The Hall–Kier alpha value is -1.97. The van der Waals surface area contributed by atoms with Gasteiger partial charge in [-0.2, -0.15) is 0 Å². The van der Waals surface area contributed by atoms with E-state index in [1.807, 2.05) is 54.6 Å². The minimum atomic E-state index is -0.732. The van der Waals surface area contributed by atoms with Crippen molar-refractivity contribution in [2.45, 2.75) is 18.3 Å². The number of allylic oxidation sites excluding steroid dienone is 3. The molecule has 0 heterocycles. The molecule has 1 aromatic rings. The van der Waals surface area contributed by atoms with Crippen molar-refractivity contribution in [2.24, 2.45) is 0 Å². The Morgan fingerprint density at radius 3 is 2.75 bits per heavy atom. The van der Waals surface area contributed by atoms with Crippen LogP contribution in [0.5, 0.6) is 0 Å². The van der Waals surface area contributed by atoms with Gasteiger partial charge in [0, 0.05) is 7.11 Å². The Morgan fingerprint density at radius 2 is 2.05 bits per heavy atom. The summed E-state index contributed by atoms with van der Waals surface area (Å²) in [5.41, 5.74) is 0.365. The van der Waals surface area contributed by atoms with Crippen LogP contribution in [0.1, 0.15) is 5.56 Å².